The molecule has 1 saturated heterocycles. The maximum absolute atomic E-state index is 12.0. The summed E-state index contributed by atoms with van der Waals surface area (Å²) in [4.78, 5) is 12.5. The molecule has 0 radical (unpaired) electrons. The van der Waals surface area contributed by atoms with Crippen LogP contribution in [0.25, 0.3) is 0 Å². The summed E-state index contributed by atoms with van der Waals surface area (Å²) < 4.78 is -0.258. The quantitative estimate of drug-likeness (QED) is 0.756. The van der Waals surface area contributed by atoms with E-state index in [0.29, 0.717) is 11.5 Å². The second kappa shape index (κ2) is 4.92. The molecule has 1 fully saturated rings. The summed E-state index contributed by atoms with van der Waals surface area (Å²) in [6.45, 7) is 6.41. The number of hydrogen-bond donors (Lipinski definition) is 2. The van der Waals surface area contributed by atoms with Crippen LogP contribution < -0.4 is 11.1 Å². The number of hydrogen-bond acceptors (Lipinski definition) is 3. The van der Waals surface area contributed by atoms with E-state index in [-0.39, 0.29) is 16.1 Å². The second-order valence-corrected chi connectivity index (χ2v) is 7.15. The van der Waals surface area contributed by atoms with Gasteiger partial charge in [0.05, 0.1) is 9.74 Å². The van der Waals surface area contributed by atoms with Crippen LogP contribution in [-0.2, 0) is 4.79 Å². The minimum absolute atomic E-state index is 0.110. The smallest absolute Gasteiger partial charge is 0.235 e. The fourth-order valence-electron chi connectivity index (χ4n) is 1.53. The molecule has 1 amide bonds. The average molecular weight is 260 g/mol. The molecule has 16 heavy (non-hydrogen) atoms. The van der Waals surface area contributed by atoms with Gasteiger partial charge >= 0.3 is 0 Å². The Morgan fingerprint density at radius 3 is 2.69 bits per heavy atom. The third-order valence-electron chi connectivity index (χ3n) is 3.06. The van der Waals surface area contributed by atoms with Gasteiger partial charge in [-0.15, -0.1) is 11.8 Å². The molecule has 0 aromatic carbocycles. The van der Waals surface area contributed by atoms with E-state index in [1.165, 1.54) is 0 Å². The van der Waals surface area contributed by atoms with Gasteiger partial charge in [0.1, 0.15) is 0 Å². The molecule has 1 rings (SSSR count). The lowest BCUT2D eigenvalue weighted by molar-refractivity contribution is -0.123. The molecule has 0 spiro atoms. The van der Waals surface area contributed by atoms with E-state index >= 15 is 0 Å². The number of amides is 1. The Morgan fingerprint density at radius 2 is 2.25 bits per heavy atom. The highest BCUT2D eigenvalue weighted by Crippen LogP contribution is 2.37. The minimum atomic E-state index is -0.315. The number of carbonyl (C=O) groups is 1. The van der Waals surface area contributed by atoms with Crippen molar-refractivity contribution in [3.05, 3.63) is 0 Å². The van der Waals surface area contributed by atoms with E-state index in [9.17, 15) is 4.79 Å². The molecule has 0 aromatic rings. The van der Waals surface area contributed by atoms with Gasteiger partial charge in [0.2, 0.25) is 5.91 Å². The van der Waals surface area contributed by atoms with Gasteiger partial charge in [0, 0.05) is 12.0 Å². The molecule has 3 nitrogen and oxygen atoms in total. The summed E-state index contributed by atoms with van der Waals surface area (Å²) in [6.07, 6.45) is 2.07. The van der Waals surface area contributed by atoms with E-state index in [0.717, 1.165) is 18.6 Å². The van der Waals surface area contributed by atoms with Crippen molar-refractivity contribution in [2.24, 2.45) is 11.1 Å². The van der Waals surface area contributed by atoms with Crippen molar-refractivity contribution in [1.82, 2.24) is 5.32 Å². The van der Waals surface area contributed by atoms with Crippen molar-refractivity contribution in [3.63, 3.8) is 0 Å². The topological polar surface area (TPSA) is 55.1 Å². The number of thioether (sulfide) groups is 1. The normalized spacial score (nSPS) is 25.4. The van der Waals surface area contributed by atoms with Crippen LogP contribution in [0.1, 0.15) is 33.6 Å². The highest BCUT2D eigenvalue weighted by molar-refractivity contribution is 8.01. The zero-order valence-electron chi connectivity index (χ0n) is 10.1. The van der Waals surface area contributed by atoms with E-state index in [2.05, 4.69) is 5.32 Å². The Bertz CT molecular complexity index is 296. The first kappa shape index (κ1) is 13.8. The van der Waals surface area contributed by atoms with Gasteiger partial charge in [0.15, 0.2) is 0 Å². The molecule has 1 unspecified atom stereocenters. The monoisotopic (exact) mass is 260 g/mol. The number of rotatable bonds is 4. The molecule has 0 aliphatic carbocycles. The third-order valence-corrected chi connectivity index (χ3v) is 5.13. The Kier molecular flexibility index (Phi) is 4.23. The van der Waals surface area contributed by atoms with Crippen LogP contribution in [0.15, 0.2) is 0 Å². The molecule has 0 bridgehead atoms. The third kappa shape index (κ3) is 3.10. The van der Waals surface area contributed by atoms with Crippen LogP contribution in [0.4, 0.5) is 0 Å². The van der Waals surface area contributed by atoms with Gasteiger partial charge in [-0.1, -0.05) is 26.1 Å². The van der Waals surface area contributed by atoms with Crippen LogP contribution in [0, 0.1) is 5.41 Å². The first-order chi connectivity index (χ1) is 7.28. The van der Waals surface area contributed by atoms with Crippen LogP contribution in [0.3, 0.4) is 0 Å². The summed E-state index contributed by atoms with van der Waals surface area (Å²) in [5.41, 5.74) is 5.30. The van der Waals surface area contributed by atoms with E-state index in [4.69, 9.17) is 18.0 Å². The first-order valence-corrected chi connectivity index (χ1v) is 6.89. The first-order valence-electron chi connectivity index (χ1n) is 5.50. The SMILES string of the molecule is CC(C)(CNC(=O)C1(C)CCCS1)C(N)=S. The summed E-state index contributed by atoms with van der Waals surface area (Å²) >= 11 is 6.70. The van der Waals surface area contributed by atoms with Crippen molar-refractivity contribution >= 4 is 34.9 Å². The predicted molar refractivity (Wildman–Crippen MR) is 73.7 cm³/mol. The van der Waals surface area contributed by atoms with Gasteiger partial charge in [-0.2, -0.15) is 0 Å². The van der Waals surface area contributed by atoms with Crippen molar-refractivity contribution in [2.75, 3.05) is 12.3 Å². The van der Waals surface area contributed by atoms with Crippen LogP contribution >= 0.6 is 24.0 Å². The Labute approximate surface area is 107 Å². The molecular weight excluding hydrogens is 240 g/mol. The molecule has 1 aliphatic rings. The summed E-state index contributed by atoms with van der Waals surface area (Å²) in [5.74, 6) is 1.18. The summed E-state index contributed by atoms with van der Waals surface area (Å²) in [6, 6.07) is 0. The molecule has 5 heteroatoms. The van der Waals surface area contributed by atoms with Crippen molar-refractivity contribution in [2.45, 2.75) is 38.4 Å². The van der Waals surface area contributed by atoms with E-state index < -0.39 is 0 Å². The summed E-state index contributed by atoms with van der Waals surface area (Å²) in [7, 11) is 0. The van der Waals surface area contributed by atoms with Crippen molar-refractivity contribution in [1.29, 1.82) is 0 Å². The van der Waals surface area contributed by atoms with Gasteiger partial charge in [0.25, 0.3) is 0 Å². The molecule has 1 atom stereocenters. The molecule has 0 aromatic heterocycles. The van der Waals surface area contributed by atoms with Crippen molar-refractivity contribution in [3.8, 4) is 0 Å². The number of nitrogens with one attached hydrogen (secondary N) is 1. The zero-order valence-corrected chi connectivity index (χ0v) is 11.8. The van der Waals surface area contributed by atoms with Gasteiger partial charge in [-0.25, -0.2) is 0 Å². The minimum Gasteiger partial charge on any atom is -0.393 e. The van der Waals surface area contributed by atoms with E-state index in [1.54, 1.807) is 11.8 Å². The Hall–Kier alpha value is -0.290. The van der Waals surface area contributed by atoms with Gasteiger partial charge in [-0.05, 0) is 25.5 Å². The largest absolute Gasteiger partial charge is 0.393 e. The molecule has 92 valence electrons. The van der Waals surface area contributed by atoms with Crippen molar-refractivity contribution < 1.29 is 4.79 Å². The van der Waals surface area contributed by atoms with Crippen LogP contribution in [0.2, 0.25) is 0 Å². The highest BCUT2D eigenvalue weighted by Gasteiger charge is 2.37. The molecular formula is C11H20N2OS2. The molecule has 0 saturated carbocycles. The second-order valence-electron chi connectivity index (χ2n) is 5.11. The van der Waals surface area contributed by atoms with Crippen LogP contribution in [-0.4, -0.2) is 27.9 Å². The Morgan fingerprint density at radius 1 is 1.62 bits per heavy atom. The number of thiocarbonyl (C=S) groups is 1. The fourth-order valence-corrected chi connectivity index (χ4v) is 2.84. The lowest BCUT2D eigenvalue weighted by Gasteiger charge is -2.27. The predicted octanol–water partition coefficient (Wildman–Crippen LogP) is 1.70. The zero-order chi connectivity index (χ0) is 12.4. The average Bonchev–Trinajstić information content (AvgIpc) is 2.62. The maximum atomic E-state index is 12.0. The molecule has 3 N–H and O–H groups in total. The molecule has 1 heterocycles. The number of carbonyl (C=O) groups excluding carboxylic acids is 1. The van der Waals surface area contributed by atoms with E-state index in [1.807, 2.05) is 20.8 Å². The van der Waals surface area contributed by atoms with Gasteiger partial charge in [-0.3, -0.25) is 4.79 Å². The lowest BCUT2D eigenvalue weighted by Crippen LogP contribution is -2.47. The highest BCUT2D eigenvalue weighted by atomic mass is 32.2. The number of nitrogens with two attached hydrogens (primary N) is 1. The summed E-state index contributed by atoms with van der Waals surface area (Å²) in [5, 5.41) is 2.96. The Balaban J connectivity index is 2.50. The van der Waals surface area contributed by atoms with Gasteiger partial charge < -0.3 is 11.1 Å². The maximum Gasteiger partial charge on any atom is 0.235 e. The molecule has 1 aliphatic heterocycles. The van der Waals surface area contributed by atoms with Crippen LogP contribution in [0.5, 0.6) is 0 Å². The lowest BCUT2D eigenvalue weighted by atomic mass is 9.93. The standard InChI is InChI=1S/C11H20N2OS2/c1-10(2,8(12)15)7-13-9(14)11(3)5-4-6-16-11/h4-7H2,1-3H3,(H2,12,15)(H,13,14). The fraction of sp³-hybridized carbons (Fsp3) is 0.818.